The van der Waals surface area contributed by atoms with Crippen molar-refractivity contribution in [3.63, 3.8) is 0 Å². The molecule has 0 radical (unpaired) electrons. The van der Waals surface area contributed by atoms with Crippen molar-refractivity contribution < 1.29 is 8.81 Å². The zero-order valence-corrected chi connectivity index (χ0v) is 12.3. The smallest absolute Gasteiger partial charge is 0.134 e. The number of benzene rings is 2. The summed E-state index contributed by atoms with van der Waals surface area (Å²) in [4.78, 5) is 0. The zero-order chi connectivity index (χ0) is 15.0. The highest BCUT2D eigenvalue weighted by Gasteiger charge is 2.17. The second kappa shape index (κ2) is 5.51. The molecule has 1 unspecified atom stereocenters. The molecule has 0 saturated carbocycles. The third kappa shape index (κ3) is 2.80. The van der Waals surface area contributed by atoms with Crippen molar-refractivity contribution in [3.05, 3.63) is 70.2 Å². The predicted molar refractivity (Wildman–Crippen MR) is 83.0 cm³/mol. The minimum atomic E-state index is -0.438. The van der Waals surface area contributed by atoms with Crippen LogP contribution >= 0.6 is 11.6 Å². The first-order valence-electron chi connectivity index (χ1n) is 6.73. The first kappa shape index (κ1) is 14.1. The Morgan fingerprint density at radius 1 is 1.24 bits per heavy atom. The summed E-state index contributed by atoms with van der Waals surface area (Å²) in [5.41, 5.74) is 8.50. The number of fused-ring (bicyclic) bond motifs is 1. The Morgan fingerprint density at radius 3 is 2.81 bits per heavy atom. The summed E-state index contributed by atoms with van der Waals surface area (Å²) in [5.74, 6) is 0.292. The van der Waals surface area contributed by atoms with Crippen LogP contribution in [-0.4, -0.2) is 0 Å². The largest absolute Gasteiger partial charge is 0.459 e. The van der Waals surface area contributed by atoms with Gasteiger partial charge in [0, 0.05) is 16.0 Å². The molecule has 1 atom stereocenters. The molecule has 1 heterocycles. The molecule has 0 aliphatic heterocycles. The van der Waals surface area contributed by atoms with Crippen LogP contribution < -0.4 is 5.73 Å². The van der Waals surface area contributed by atoms with Crippen molar-refractivity contribution in [2.45, 2.75) is 19.4 Å². The van der Waals surface area contributed by atoms with Gasteiger partial charge < -0.3 is 10.2 Å². The summed E-state index contributed by atoms with van der Waals surface area (Å²) in [6, 6.07) is 12.0. The van der Waals surface area contributed by atoms with Gasteiger partial charge in [-0.1, -0.05) is 29.3 Å². The normalized spacial score (nSPS) is 12.8. The van der Waals surface area contributed by atoms with Crippen LogP contribution in [0.1, 0.15) is 22.9 Å². The molecule has 0 fully saturated rings. The van der Waals surface area contributed by atoms with Crippen LogP contribution in [0.3, 0.4) is 0 Å². The molecular formula is C17H15ClFNO. The Morgan fingerprint density at radius 2 is 2.05 bits per heavy atom. The molecule has 2 nitrogen and oxygen atoms in total. The van der Waals surface area contributed by atoms with Gasteiger partial charge in [-0.25, -0.2) is 4.39 Å². The topological polar surface area (TPSA) is 39.2 Å². The maximum atomic E-state index is 13.8. The van der Waals surface area contributed by atoms with Crippen LogP contribution in [0.4, 0.5) is 4.39 Å². The monoisotopic (exact) mass is 303 g/mol. The highest BCUT2D eigenvalue weighted by atomic mass is 35.5. The van der Waals surface area contributed by atoms with Gasteiger partial charge in [0.15, 0.2) is 0 Å². The van der Waals surface area contributed by atoms with Gasteiger partial charge in [-0.3, -0.25) is 0 Å². The van der Waals surface area contributed by atoms with E-state index in [9.17, 15) is 4.39 Å². The lowest BCUT2D eigenvalue weighted by Crippen LogP contribution is -2.13. The molecule has 3 rings (SSSR count). The fraction of sp³-hybridized carbons (Fsp3) is 0.176. The molecule has 2 aromatic carbocycles. The highest BCUT2D eigenvalue weighted by Crippen LogP contribution is 2.28. The quantitative estimate of drug-likeness (QED) is 0.756. The summed E-state index contributed by atoms with van der Waals surface area (Å²) in [6.07, 6.45) is 0.296. The third-order valence-corrected chi connectivity index (χ3v) is 3.90. The fourth-order valence-electron chi connectivity index (χ4n) is 2.41. The van der Waals surface area contributed by atoms with Crippen molar-refractivity contribution in [1.82, 2.24) is 0 Å². The van der Waals surface area contributed by atoms with E-state index in [2.05, 4.69) is 0 Å². The molecule has 0 amide bonds. The number of aryl methyl sites for hydroxylation is 1. The van der Waals surface area contributed by atoms with Gasteiger partial charge in [-0.15, -0.1) is 0 Å². The Balaban J connectivity index is 1.91. The molecule has 21 heavy (non-hydrogen) atoms. The average Bonchev–Trinajstić information content (AvgIpc) is 2.86. The molecule has 0 aliphatic rings. The van der Waals surface area contributed by atoms with Gasteiger partial charge in [-0.2, -0.15) is 0 Å². The Labute approximate surface area is 127 Å². The minimum Gasteiger partial charge on any atom is -0.459 e. The molecule has 4 heteroatoms. The summed E-state index contributed by atoms with van der Waals surface area (Å²) in [7, 11) is 0. The van der Waals surface area contributed by atoms with E-state index in [-0.39, 0.29) is 5.82 Å². The second-order valence-electron chi connectivity index (χ2n) is 5.20. The van der Waals surface area contributed by atoms with E-state index in [0.29, 0.717) is 22.8 Å². The van der Waals surface area contributed by atoms with E-state index in [1.807, 2.05) is 31.2 Å². The lowest BCUT2D eigenvalue weighted by Gasteiger charge is -2.11. The first-order valence-corrected chi connectivity index (χ1v) is 7.11. The first-order chi connectivity index (χ1) is 10.0. The molecule has 108 valence electrons. The summed E-state index contributed by atoms with van der Waals surface area (Å²) >= 11 is 6.03. The number of hydrogen-bond donors (Lipinski definition) is 1. The van der Waals surface area contributed by atoms with E-state index >= 15 is 0 Å². The molecule has 0 saturated heterocycles. The van der Waals surface area contributed by atoms with Crippen molar-refractivity contribution in [2.75, 3.05) is 0 Å². The summed E-state index contributed by atoms with van der Waals surface area (Å²) < 4.78 is 19.6. The van der Waals surface area contributed by atoms with Crippen molar-refractivity contribution >= 4 is 22.6 Å². The molecule has 1 aromatic heterocycles. The average molecular weight is 304 g/mol. The number of rotatable bonds is 3. The number of furan rings is 1. The van der Waals surface area contributed by atoms with Crippen LogP contribution in [0.5, 0.6) is 0 Å². The van der Waals surface area contributed by atoms with Crippen LogP contribution in [0, 0.1) is 12.7 Å². The van der Waals surface area contributed by atoms with Crippen molar-refractivity contribution in [1.29, 1.82) is 0 Å². The fourth-order valence-corrected chi connectivity index (χ4v) is 2.65. The SMILES string of the molecule is Cc1ccc2oc(C(N)Cc3c(F)cccc3Cl)cc2c1. The summed E-state index contributed by atoms with van der Waals surface area (Å²) in [6.45, 7) is 2.02. The Bertz CT molecular complexity index is 776. The van der Waals surface area contributed by atoms with Gasteiger partial charge in [-0.05, 0) is 43.7 Å². The van der Waals surface area contributed by atoms with E-state index in [4.69, 9.17) is 21.8 Å². The maximum Gasteiger partial charge on any atom is 0.134 e. The number of nitrogens with two attached hydrogens (primary N) is 1. The van der Waals surface area contributed by atoms with Crippen LogP contribution in [0.2, 0.25) is 5.02 Å². The number of halogens is 2. The van der Waals surface area contributed by atoms with E-state index in [1.54, 1.807) is 12.1 Å². The molecule has 0 spiro atoms. The minimum absolute atomic E-state index is 0.296. The van der Waals surface area contributed by atoms with Crippen LogP contribution in [-0.2, 0) is 6.42 Å². The second-order valence-corrected chi connectivity index (χ2v) is 5.61. The van der Waals surface area contributed by atoms with Crippen LogP contribution in [0.25, 0.3) is 11.0 Å². The third-order valence-electron chi connectivity index (χ3n) is 3.54. The molecular weight excluding hydrogens is 289 g/mol. The van der Waals surface area contributed by atoms with Gasteiger partial charge in [0.2, 0.25) is 0 Å². The lowest BCUT2D eigenvalue weighted by molar-refractivity contribution is 0.487. The summed E-state index contributed by atoms with van der Waals surface area (Å²) in [5, 5.41) is 1.39. The van der Waals surface area contributed by atoms with E-state index in [0.717, 1.165) is 16.5 Å². The van der Waals surface area contributed by atoms with E-state index < -0.39 is 6.04 Å². The standard InChI is InChI=1S/C17H15ClFNO/c1-10-5-6-16-11(7-10)8-17(21-16)15(20)9-12-13(18)3-2-4-14(12)19/h2-8,15H,9,20H2,1H3. The van der Waals surface area contributed by atoms with Gasteiger partial charge in [0.05, 0.1) is 6.04 Å². The molecule has 3 aromatic rings. The van der Waals surface area contributed by atoms with Crippen LogP contribution in [0.15, 0.2) is 46.9 Å². The number of hydrogen-bond acceptors (Lipinski definition) is 2. The van der Waals surface area contributed by atoms with Crippen molar-refractivity contribution in [3.8, 4) is 0 Å². The predicted octanol–water partition coefficient (Wildman–Crippen LogP) is 4.78. The van der Waals surface area contributed by atoms with Gasteiger partial charge >= 0.3 is 0 Å². The zero-order valence-electron chi connectivity index (χ0n) is 11.6. The van der Waals surface area contributed by atoms with Crippen molar-refractivity contribution in [2.24, 2.45) is 5.73 Å². The Kier molecular flexibility index (Phi) is 3.70. The maximum absolute atomic E-state index is 13.8. The molecule has 2 N–H and O–H groups in total. The van der Waals surface area contributed by atoms with Gasteiger partial charge in [0.1, 0.15) is 17.2 Å². The molecule has 0 aliphatic carbocycles. The molecule has 0 bridgehead atoms. The lowest BCUT2D eigenvalue weighted by atomic mass is 10.0. The Hall–Kier alpha value is -1.84. The highest BCUT2D eigenvalue weighted by molar-refractivity contribution is 6.31. The van der Waals surface area contributed by atoms with Gasteiger partial charge in [0.25, 0.3) is 0 Å². The van der Waals surface area contributed by atoms with E-state index in [1.165, 1.54) is 6.07 Å².